The number of rotatable bonds is 5. The minimum atomic E-state index is -2.78. The molecule has 8 nitrogen and oxygen atoms in total. The van der Waals surface area contributed by atoms with E-state index in [2.05, 4.69) is 4.74 Å². The van der Waals surface area contributed by atoms with Crippen molar-refractivity contribution in [1.82, 2.24) is 0 Å². The zero-order chi connectivity index (χ0) is 12.9. The Morgan fingerprint density at radius 1 is 1.12 bits per heavy atom. The van der Waals surface area contributed by atoms with Crippen LogP contribution in [0.1, 0.15) is 19.8 Å². The molecular formula is C8H11NaO8. The van der Waals surface area contributed by atoms with E-state index in [0.717, 1.165) is 6.92 Å². The predicted molar refractivity (Wildman–Crippen MR) is 53.4 cm³/mol. The van der Waals surface area contributed by atoms with Gasteiger partial charge in [-0.25, -0.2) is 4.79 Å². The average Bonchev–Trinajstić information content (AvgIpc) is 1.98. The number of carboxylic acids is 2. The molecule has 0 saturated carbocycles. The van der Waals surface area contributed by atoms with Crippen LogP contribution in [0.2, 0.25) is 0 Å². The molecule has 0 fully saturated rings. The number of esters is 2. The minimum absolute atomic E-state index is 0. The SMILES string of the molecule is CC(=O)OC(=O)CC(O)(CC(=O)O)C(=O)O.[NaH]. The molecule has 0 spiro atoms. The van der Waals surface area contributed by atoms with E-state index < -0.39 is 42.3 Å². The Morgan fingerprint density at radius 3 is 1.88 bits per heavy atom. The fourth-order valence-electron chi connectivity index (χ4n) is 0.899. The third kappa shape index (κ3) is 7.05. The van der Waals surface area contributed by atoms with E-state index in [1.807, 2.05) is 0 Å². The van der Waals surface area contributed by atoms with Crippen LogP contribution in [0.25, 0.3) is 0 Å². The second-order valence-corrected chi connectivity index (χ2v) is 3.05. The Kier molecular flexibility index (Phi) is 7.99. The number of aliphatic hydroxyl groups is 1. The van der Waals surface area contributed by atoms with E-state index in [9.17, 15) is 24.3 Å². The van der Waals surface area contributed by atoms with Gasteiger partial charge in [-0.3, -0.25) is 14.4 Å². The first-order valence-corrected chi connectivity index (χ1v) is 4.06. The zero-order valence-electron chi connectivity index (χ0n) is 8.30. The molecule has 0 saturated heterocycles. The molecule has 0 aromatic rings. The van der Waals surface area contributed by atoms with Crippen molar-refractivity contribution in [3.8, 4) is 0 Å². The molecule has 0 rings (SSSR count). The summed E-state index contributed by atoms with van der Waals surface area (Å²) in [6, 6.07) is 0. The second kappa shape index (κ2) is 7.38. The normalized spacial score (nSPS) is 12.8. The first-order chi connectivity index (χ1) is 7.17. The van der Waals surface area contributed by atoms with Crippen LogP contribution >= 0.6 is 0 Å². The molecule has 92 valence electrons. The Hall–Kier alpha value is -0.960. The first-order valence-electron chi connectivity index (χ1n) is 4.06. The van der Waals surface area contributed by atoms with Crippen LogP contribution in [0.4, 0.5) is 0 Å². The van der Waals surface area contributed by atoms with E-state index >= 15 is 0 Å². The molecule has 0 aromatic carbocycles. The van der Waals surface area contributed by atoms with Gasteiger partial charge in [0.05, 0.1) is 12.8 Å². The van der Waals surface area contributed by atoms with E-state index in [1.165, 1.54) is 0 Å². The molecule has 0 amide bonds. The maximum atomic E-state index is 10.9. The maximum absolute atomic E-state index is 10.9. The van der Waals surface area contributed by atoms with E-state index in [0.29, 0.717) is 0 Å². The van der Waals surface area contributed by atoms with Crippen molar-refractivity contribution in [2.75, 3.05) is 0 Å². The summed E-state index contributed by atoms with van der Waals surface area (Å²) in [5, 5.41) is 26.3. The molecule has 1 atom stereocenters. The molecule has 3 N–H and O–H groups in total. The Balaban J connectivity index is 0. The molecule has 0 bridgehead atoms. The average molecular weight is 258 g/mol. The second-order valence-electron chi connectivity index (χ2n) is 3.05. The third-order valence-corrected chi connectivity index (χ3v) is 1.54. The molecule has 0 aliphatic carbocycles. The summed E-state index contributed by atoms with van der Waals surface area (Å²) < 4.78 is 3.98. The van der Waals surface area contributed by atoms with Crippen LogP contribution in [0.15, 0.2) is 0 Å². The van der Waals surface area contributed by atoms with Crippen molar-refractivity contribution in [1.29, 1.82) is 0 Å². The fraction of sp³-hybridized carbons (Fsp3) is 0.500. The number of ether oxygens (including phenoxy) is 1. The quantitative estimate of drug-likeness (QED) is 0.295. The van der Waals surface area contributed by atoms with E-state index in [4.69, 9.17) is 10.2 Å². The fourth-order valence-corrected chi connectivity index (χ4v) is 0.899. The molecule has 0 heterocycles. The third-order valence-electron chi connectivity index (χ3n) is 1.54. The molecule has 1 unspecified atom stereocenters. The van der Waals surface area contributed by atoms with Gasteiger partial charge in [-0.1, -0.05) is 0 Å². The number of carboxylic acid groups (broad SMARTS) is 2. The standard InChI is InChI=1S/C8H10O8.Na.H/c1-4(9)16-6(12)3-8(15,7(13)14)2-5(10)11;;/h15H,2-3H2,1H3,(H,10,11)(H,13,14);;. The monoisotopic (exact) mass is 258 g/mol. The molecule has 0 aromatic heterocycles. The van der Waals surface area contributed by atoms with Crippen molar-refractivity contribution in [3.63, 3.8) is 0 Å². The van der Waals surface area contributed by atoms with Gasteiger partial charge < -0.3 is 20.1 Å². The van der Waals surface area contributed by atoms with E-state index in [-0.39, 0.29) is 29.6 Å². The Bertz CT molecular complexity index is 338. The van der Waals surface area contributed by atoms with Crippen LogP contribution in [0.5, 0.6) is 0 Å². The Labute approximate surface area is 118 Å². The van der Waals surface area contributed by atoms with Crippen LogP contribution in [0, 0.1) is 0 Å². The van der Waals surface area contributed by atoms with Gasteiger partial charge in [0, 0.05) is 6.92 Å². The van der Waals surface area contributed by atoms with Gasteiger partial charge in [0.25, 0.3) is 0 Å². The Morgan fingerprint density at radius 2 is 1.59 bits per heavy atom. The van der Waals surface area contributed by atoms with Gasteiger partial charge >= 0.3 is 53.4 Å². The van der Waals surface area contributed by atoms with Crippen molar-refractivity contribution < 1.29 is 39.2 Å². The van der Waals surface area contributed by atoms with Gasteiger partial charge in [-0.05, 0) is 0 Å². The molecule has 9 heteroatoms. The topological polar surface area (TPSA) is 138 Å². The van der Waals surface area contributed by atoms with Gasteiger partial charge in [-0.15, -0.1) is 0 Å². The summed E-state index contributed by atoms with van der Waals surface area (Å²) in [6.07, 6.45) is -2.29. The molecule has 0 aliphatic rings. The van der Waals surface area contributed by atoms with Crippen LogP contribution in [-0.2, 0) is 23.9 Å². The summed E-state index contributed by atoms with van der Waals surface area (Å²) in [4.78, 5) is 42.1. The van der Waals surface area contributed by atoms with E-state index in [1.54, 1.807) is 0 Å². The molecule has 0 radical (unpaired) electrons. The predicted octanol–water partition coefficient (Wildman–Crippen LogP) is -1.89. The summed E-state index contributed by atoms with van der Waals surface area (Å²) in [5.74, 6) is -5.76. The number of aliphatic carboxylic acids is 2. The van der Waals surface area contributed by atoms with Gasteiger partial charge in [0.1, 0.15) is 0 Å². The van der Waals surface area contributed by atoms with Crippen molar-refractivity contribution in [3.05, 3.63) is 0 Å². The van der Waals surface area contributed by atoms with Crippen LogP contribution < -0.4 is 0 Å². The summed E-state index contributed by atoms with van der Waals surface area (Å²) in [6.45, 7) is 0.912. The summed E-state index contributed by atoms with van der Waals surface area (Å²) in [7, 11) is 0. The number of hydrogen-bond acceptors (Lipinski definition) is 6. The van der Waals surface area contributed by atoms with Gasteiger partial charge in [0.15, 0.2) is 5.60 Å². The first kappa shape index (κ1) is 18.4. The molecule has 0 aliphatic heterocycles. The molecule has 17 heavy (non-hydrogen) atoms. The van der Waals surface area contributed by atoms with Crippen molar-refractivity contribution in [2.24, 2.45) is 0 Å². The van der Waals surface area contributed by atoms with Crippen molar-refractivity contribution in [2.45, 2.75) is 25.4 Å². The van der Waals surface area contributed by atoms with Crippen LogP contribution in [0.3, 0.4) is 0 Å². The number of carbonyl (C=O) groups is 4. The number of carbonyl (C=O) groups excluding carboxylic acids is 2. The number of hydrogen-bond donors (Lipinski definition) is 3. The van der Waals surface area contributed by atoms with Gasteiger partial charge in [-0.2, -0.15) is 0 Å². The van der Waals surface area contributed by atoms with Crippen molar-refractivity contribution >= 4 is 53.4 Å². The summed E-state index contributed by atoms with van der Waals surface area (Å²) >= 11 is 0. The van der Waals surface area contributed by atoms with Gasteiger partial charge in [0.2, 0.25) is 0 Å². The summed E-state index contributed by atoms with van der Waals surface area (Å²) in [5.41, 5.74) is -2.78. The van der Waals surface area contributed by atoms with Crippen LogP contribution in [-0.4, -0.2) is 74.4 Å². The molecular weight excluding hydrogens is 247 g/mol. The zero-order valence-corrected chi connectivity index (χ0v) is 8.30.